The average Bonchev–Trinajstić information content (AvgIpc) is 3.10. The first kappa shape index (κ1) is 14.2. The van der Waals surface area contributed by atoms with Crippen LogP contribution in [0.15, 0.2) is 42.6 Å². The van der Waals surface area contributed by atoms with Gasteiger partial charge in [0, 0.05) is 30.5 Å². The molecule has 0 spiro atoms. The summed E-state index contributed by atoms with van der Waals surface area (Å²) in [5.41, 5.74) is 7.47. The number of ether oxygens (including phenoxy) is 1. The molecule has 0 N–H and O–H groups in total. The Morgan fingerprint density at radius 1 is 1.00 bits per heavy atom. The van der Waals surface area contributed by atoms with Crippen molar-refractivity contribution in [1.29, 1.82) is 0 Å². The number of rotatable bonds is 3. The van der Waals surface area contributed by atoms with Crippen molar-refractivity contribution in [2.45, 2.75) is 33.9 Å². The van der Waals surface area contributed by atoms with Gasteiger partial charge in [0.2, 0.25) is 0 Å². The van der Waals surface area contributed by atoms with Crippen molar-refractivity contribution < 1.29 is 4.74 Å². The predicted molar refractivity (Wildman–Crippen MR) is 93.9 cm³/mol. The number of hydrogen-bond donors (Lipinski definition) is 0. The number of nitrogens with zero attached hydrogens (tertiary/aromatic N) is 2. The van der Waals surface area contributed by atoms with Crippen LogP contribution in [0.25, 0.3) is 22.5 Å². The Hall–Kier alpha value is -2.42. The lowest BCUT2D eigenvalue weighted by Gasteiger charge is -2.21. The van der Waals surface area contributed by atoms with Crippen LogP contribution in [-0.4, -0.2) is 15.7 Å². The zero-order chi connectivity index (χ0) is 16.0. The maximum Gasteiger partial charge on any atom is 0.154 e. The number of hydrogen-bond acceptors (Lipinski definition) is 1. The van der Waals surface area contributed by atoms with Gasteiger partial charge in [0.05, 0.1) is 12.3 Å². The molecule has 0 unspecified atom stereocenters. The van der Waals surface area contributed by atoms with Crippen LogP contribution in [0, 0.1) is 13.8 Å². The van der Waals surface area contributed by atoms with Crippen molar-refractivity contribution in [2.75, 3.05) is 6.61 Å². The molecule has 23 heavy (non-hydrogen) atoms. The molecule has 0 saturated carbocycles. The Labute approximate surface area is 137 Å². The van der Waals surface area contributed by atoms with Gasteiger partial charge in [-0.3, -0.25) is 0 Å². The van der Waals surface area contributed by atoms with E-state index in [9.17, 15) is 0 Å². The van der Waals surface area contributed by atoms with Gasteiger partial charge in [0.25, 0.3) is 0 Å². The Balaban J connectivity index is 1.93. The van der Waals surface area contributed by atoms with Crippen molar-refractivity contribution in [3.05, 3.63) is 53.9 Å². The normalized spacial score (nSPS) is 12.8. The van der Waals surface area contributed by atoms with Crippen molar-refractivity contribution in [1.82, 2.24) is 9.13 Å². The van der Waals surface area contributed by atoms with Gasteiger partial charge in [-0.25, -0.2) is 0 Å². The van der Waals surface area contributed by atoms with Gasteiger partial charge in [0.1, 0.15) is 5.69 Å². The fraction of sp³-hybridized carbons (Fsp3) is 0.300. The van der Waals surface area contributed by atoms with Gasteiger partial charge in [-0.15, -0.1) is 0 Å². The van der Waals surface area contributed by atoms with Gasteiger partial charge < -0.3 is 13.9 Å². The monoisotopic (exact) mass is 306 g/mol. The lowest BCUT2D eigenvalue weighted by atomic mass is 10.1. The highest BCUT2D eigenvalue weighted by molar-refractivity contribution is 5.81. The zero-order valence-electron chi connectivity index (χ0n) is 14.0. The molecule has 0 saturated heterocycles. The molecule has 0 radical (unpaired) electrons. The fourth-order valence-electron chi connectivity index (χ4n) is 3.49. The summed E-state index contributed by atoms with van der Waals surface area (Å²) in [4.78, 5) is 0. The van der Waals surface area contributed by atoms with Crippen LogP contribution in [0.3, 0.4) is 0 Å². The zero-order valence-corrected chi connectivity index (χ0v) is 14.0. The molecule has 0 aliphatic carbocycles. The van der Waals surface area contributed by atoms with Crippen LogP contribution in [0.1, 0.15) is 18.2 Å². The Kier molecular flexibility index (Phi) is 3.29. The molecule has 0 amide bonds. The smallest absolute Gasteiger partial charge is 0.154 e. The molecular weight excluding hydrogens is 284 g/mol. The molecular formula is C20H22N2O. The molecule has 1 aliphatic heterocycles. The van der Waals surface area contributed by atoms with Crippen molar-refractivity contribution in [2.24, 2.45) is 0 Å². The highest BCUT2D eigenvalue weighted by Gasteiger charge is 2.25. The van der Waals surface area contributed by atoms with Gasteiger partial charge in [-0.1, -0.05) is 29.8 Å². The van der Waals surface area contributed by atoms with Crippen molar-refractivity contribution in [3.63, 3.8) is 0 Å². The molecule has 1 aliphatic rings. The number of aromatic nitrogens is 2. The average molecular weight is 306 g/mol. The Morgan fingerprint density at radius 2 is 1.78 bits per heavy atom. The van der Waals surface area contributed by atoms with E-state index in [1.54, 1.807) is 0 Å². The molecule has 3 heteroatoms. The molecule has 3 aromatic rings. The van der Waals surface area contributed by atoms with E-state index in [4.69, 9.17) is 4.74 Å². The molecule has 0 bridgehead atoms. The lowest BCUT2D eigenvalue weighted by Crippen LogP contribution is -2.16. The Morgan fingerprint density at radius 3 is 2.52 bits per heavy atom. The summed E-state index contributed by atoms with van der Waals surface area (Å²) in [6.45, 7) is 9.03. The largest absolute Gasteiger partial charge is 0.491 e. The minimum atomic E-state index is 0.676. The first-order valence-electron chi connectivity index (χ1n) is 8.28. The molecule has 3 nitrogen and oxygen atoms in total. The summed E-state index contributed by atoms with van der Waals surface area (Å²) in [5.74, 6) is 1.01. The van der Waals surface area contributed by atoms with E-state index < -0.39 is 0 Å². The molecule has 2 aromatic heterocycles. The third-order valence-electron chi connectivity index (χ3n) is 4.69. The summed E-state index contributed by atoms with van der Waals surface area (Å²) in [6.07, 6.45) is 2.25. The van der Waals surface area contributed by atoms with Crippen LogP contribution in [0.2, 0.25) is 0 Å². The fourth-order valence-corrected chi connectivity index (χ4v) is 3.49. The molecule has 118 valence electrons. The van der Waals surface area contributed by atoms with Crippen LogP contribution in [0.4, 0.5) is 0 Å². The maximum atomic E-state index is 6.09. The predicted octanol–water partition coefficient (Wildman–Crippen LogP) is 4.65. The van der Waals surface area contributed by atoms with E-state index in [0.29, 0.717) is 6.61 Å². The minimum absolute atomic E-state index is 0.676. The van der Waals surface area contributed by atoms with E-state index in [2.05, 4.69) is 72.5 Å². The van der Waals surface area contributed by atoms with Gasteiger partial charge in [0.15, 0.2) is 5.75 Å². The Bertz CT molecular complexity index is 853. The number of benzene rings is 1. The first-order chi connectivity index (χ1) is 11.2. The van der Waals surface area contributed by atoms with Crippen LogP contribution in [0.5, 0.6) is 5.75 Å². The molecule has 3 heterocycles. The summed E-state index contributed by atoms with van der Waals surface area (Å²) < 4.78 is 10.8. The van der Waals surface area contributed by atoms with Crippen molar-refractivity contribution >= 4 is 0 Å². The molecule has 4 rings (SSSR count). The minimum Gasteiger partial charge on any atom is -0.491 e. The highest BCUT2D eigenvalue weighted by atomic mass is 16.5. The van der Waals surface area contributed by atoms with Crippen LogP contribution < -0.4 is 4.74 Å². The van der Waals surface area contributed by atoms with E-state index in [0.717, 1.165) is 18.8 Å². The van der Waals surface area contributed by atoms with E-state index >= 15 is 0 Å². The van der Waals surface area contributed by atoms with E-state index in [-0.39, 0.29) is 0 Å². The van der Waals surface area contributed by atoms with Crippen molar-refractivity contribution in [3.8, 4) is 28.3 Å². The standard InChI is InChI=1S/C20H22N2O/c1-4-23-20-17(16-8-5-14(2)6-9-16)13-21-11-12-22-15(3)7-10-18(22)19(20)21/h5-10,13H,4,11-12H2,1-3H3. The third kappa shape index (κ3) is 2.19. The SMILES string of the molecule is CCOc1c(-c2ccc(C)cc2)cn2c1-c1ccc(C)n1CC2. The van der Waals surface area contributed by atoms with Gasteiger partial charge >= 0.3 is 0 Å². The topological polar surface area (TPSA) is 19.1 Å². The van der Waals surface area contributed by atoms with E-state index in [1.807, 2.05) is 0 Å². The second kappa shape index (κ2) is 5.34. The first-order valence-corrected chi connectivity index (χ1v) is 8.28. The van der Waals surface area contributed by atoms with Gasteiger partial charge in [-0.05, 0) is 38.5 Å². The quantitative estimate of drug-likeness (QED) is 0.689. The second-order valence-electron chi connectivity index (χ2n) is 6.22. The maximum absolute atomic E-state index is 6.09. The van der Waals surface area contributed by atoms with Crippen LogP contribution >= 0.6 is 0 Å². The highest BCUT2D eigenvalue weighted by Crippen LogP contribution is 2.43. The number of aryl methyl sites for hydroxylation is 3. The summed E-state index contributed by atoms with van der Waals surface area (Å²) in [5, 5.41) is 0. The molecule has 1 aromatic carbocycles. The van der Waals surface area contributed by atoms with E-state index in [1.165, 1.54) is 33.8 Å². The number of fused-ring (bicyclic) bond motifs is 3. The van der Waals surface area contributed by atoms with Crippen LogP contribution in [-0.2, 0) is 13.1 Å². The summed E-state index contributed by atoms with van der Waals surface area (Å²) in [7, 11) is 0. The summed E-state index contributed by atoms with van der Waals surface area (Å²) in [6, 6.07) is 13.1. The third-order valence-corrected chi connectivity index (χ3v) is 4.69. The molecule has 0 atom stereocenters. The lowest BCUT2D eigenvalue weighted by molar-refractivity contribution is 0.341. The molecule has 0 fully saturated rings. The van der Waals surface area contributed by atoms with Gasteiger partial charge in [-0.2, -0.15) is 0 Å². The second-order valence-corrected chi connectivity index (χ2v) is 6.22. The summed E-state index contributed by atoms with van der Waals surface area (Å²) >= 11 is 0.